The van der Waals surface area contributed by atoms with E-state index < -0.39 is 5.97 Å². The second-order valence-corrected chi connectivity index (χ2v) is 7.19. The largest absolute Gasteiger partial charge is 0.462 e. The molecule has 0 bridgehead atoms. The Morgan fingerprint density at radius 1 is 1.22 bits per heavy atom. The van der Waals surface area contributed by atoms with Crippen LogP contribution in [0.4, 0.5) is 5.69 Å². The molecule has 7 heteroatoms. The molecular weight excluding hydrogens is 380 g/mol. The lowest BCUT2D eigenvalue weighted by Gasteiger charge is -2.14. The van der Waals surface area contributed by atoms with Crippen LogP contribution in [0, 0.1) is 11.3 Å². The van der Waals surface area contributed by atoms with Gasteiger partial charge in [-0.1, -0.05) is 36.1 Å². The molecule has 2 aromatic rings. The number of hydrogen-bond donors (Lipinski definition) is 0. The van der Waals surface area contributed by atoms with Crippen molar-refractivity contribution in [1.82, 2.24) is 0 Å². The van der Waals surface area contributed by atoms with Gasteiger partial charge in [0.05, 0.1) is 34.4 Å². The Hall–Kier alpha value is -2.95. The predicted molar refractivity (Wildman–Crippen MR) is 109 cm³/mol. The molecule has 1 saturated heterocycles. The number of benzene rings is 2. The van der Waals surface area contributed by atoms with Crippen LogP contribution in [0.3, 0.4) is 0 Å². The Morgan fingerprint density at radius 3 is 2.48 bits per heavy atom. The normalized spacial score (nSPS) is 15.1. The van der Waals surface area contributed by atoms with Crippen molar-refractivity contribution >= 4 is 51.9 Å². The zero-order valence-electron chi connectivity index (χ0n) is 14.3. The summed E-state index contributed by atoms with van der Waals surface area (Å²) in [4.78, 5) is 26.4. The van der Waals surface area contributed by atoms with Crippen molar-refractivity contribution in [2.24, 2.45) is 0 Å². The van der Waals surface area contributed by atoms with Crippen molar-refractivity contribution in [3.63, 3.8) is 0 Å². The quantitative estimate of drug-likeness (QED) is 0.441. The van der Waals surface area contributed by atoms with E-state index in [4.69, 9.17) is 22.2 Å². The minimum atomic E-state index is -0.407. The van der Waals surface area contributed by atoms with Gasteiger partial charge in [-0.15, -0.1) is 0 Å². The van der Waals surface area contributed by atoms with Crippen molar-refractivity contribution in [2.75, 3.05) is 11.5 Å². The van der Waals surface area contributed by atoms with E-state index in [9.17, 15) is 9.59 Å². The molecule has 2 aromatic carbocycles. The lowest BCUT2D eigenvalue weighted by atomic mass is 10.1. The van der Waals surface area contributed by atoms with Gasteiger partial charge < -0.3 is 4.74 Å². The second-order valence-electron chi connectivity index (χ2n) is 5.52. The van der Waals surface area contributed by atoms with Gasteiger partial charge in [0, 0.05) is 0 Å². The zero-order valence-corrected chi connectivity index (χ0v) is 16.0. The molecule has 1 heterocycles. The van der Waals surface area contributed by atoms with Gasteiger partial charge in [-0.2, -0.15) is 5.26 Å². The van der Waals surface area contributed by atoms with E-state index in [1.54, 1.807) is 61.5 Å². The van der Waals surface area contributed by atoms with Crippen molar-refractivity contribution in [1.29, 1.82) is 5.26 Å². The minimum absolute atomic E-state index is 0.224. The summed E-state index contributed by atoms with van der Waals surface area (Å²) in [6, 6.07) is 15.6. The molecule has 0 radical (unpaired) electrons. The molecule has 0 saturated carbocycles. The van der Waals surface area contributed by atoms with Crippen molar-refractivity contribution in [2.45, 2.75) is 6.92 Å². The SMILES string of the molecule is CCOC(=O)c1ccc(N2C(=O)/C(=C/c3ccc(C#N)cc3)SC2=S)cc1. The molecule has 134 valence electrons. The lowest BCUT2D eigenvalue weighted by Crippen LogP contribution is -2.27. The van der Waals surface area contributed by atoms with Crippen LogP contribution >= 0.6 is 24.0 Å². The number of rotatable bonds is 4. The molecule has 5 nitrogen and oxygen atoms in total. The van der Waals surface area contributed by atoms with Gasteiger partial charge in [-0.3, -0.25) is 9.69 Å². The van der Waals surface area contributed by atoms with Crippen LogP contribution in [0.5, 0.6) is 0 Å². The molecule has 0 spiro atoms. The van der Waals surface area contributed by atoms with Crippen LogP contribution in [0.25, 0.3) is 6.08 Å². The van der Waals surface area contributed by atoms with Gasteiger partial charge in [-0.05, 0) is 55.0 Å². The Balaban J connectivity index is 1.82. The number of thiocarbonyl (C=S) groups is 1. The number of thioether (sulfide) groups is 1. The fourth-order valence-corrected chi connectivity index (χ4v) is 3.76. The first kappa shape index (κ1) is 18.8. The fraction of sp³-hybridized carbons (Fsp3) is 0.100. The summed E-state index contributed by atoms with van der Waals surface area (Å²) in [5.74, 6) is -0.631. The van der Waals surface area contributed by atoms with E-state index in [-0.39, 0.29) is 5.91 Å². The van der Waals surface area contributed by atoms with Crippen molar-refractivity contribution < 1.29 is 14.3 Å². The van der Waals surface area contributed by atoms with Crippen molar-refractivity contribution in [3.8, 4) is 6.07 Å². The minimum Gasteiger partial charge on any atom is -0.462 e. The number of hydrogen-bond acceptors (Lipinski definition) is 6. The maximum atomic E-state index is 12.8. The average Bonchev–Trinajstić information content (AvgIpc) is 2.96. The molecule has 0 unspecified atom stereocenters. The number of carbonyl (C=O) groups excluding carboxylic acids is 2. The van der Waals surface area contributed by atoms with E-state index in [1.165, 1.54) is 16.7 Å². The summed E-state index contributed by atoms with van der Waals surface area (Å²) >= 11 is 6.56. The van der Waals surface area contributed by atoms with Crippen molar-refractivity contribution in [3.05, 3.63) is 70.1 Å². The van der Waals surface area contributed by atoms with E-state index >= 15 is 0 Å². The molecule has 0 aromatic heterocycles. The number of nitriles is 1. The van der Waals surface area contributed by atoms with Gasteiger partial charge in [-0.25, -0.2) is 4.79 Å². The molecule has 27 heavy (non-hydrogen) atoms. The Labute approximate surface area is 166 Å². The highest BCUT2D eigenvalue weighted by molar-refractivity contribution is 8.27. The van der Waals surface area contributed by atoms with Gasteiger partial charge in [0.15, 0.2) is 4.32 Å². The van der Waals surface area contributed by atoms with E-state index in [0.717, 1.165) is 5.56 Å². The highest BCUT2D eigenvalue weighted by Crippen LogP contribution is 2.36. The standard InChI is InChI=1S/C20H14N2O3S2/c1-2-25-19(24)15-7-9-16(10-8-15)22-18(23)17(27-20(22)26)11-13-3-5-14(12-21)6-4-13/h3-11H,2H2,1H3/b17-11-. The molecule has 0 atom stereocenters. The number of ether oxygens (including phenoxy) is 1. The molecule has 1 amide bonds. The monoisotopic (exact) mass is 394 g/mol. The van der Waals surface area contributed by atoms with Gasteiger partial charge in [0.1, 0.15) is 0 Å². The molecule has 1 aliphatic rings. The molecule has 1 fully saturated rings. The number of carbonyl (C=O) groups is 2. The van der Waals surface area contributed by atoms with Crippen LogP contribution in [0.2, 0.25) is 0 Å². The van der Waals surface area contributed by atoms with Crippen LogP contribution < -0.4 is 4.90 Å². The first-order valence-electron chi connectivity index (χ1n) is 8.09. The zero-order chi connectivity index (χ0) is 19.4. The van der Waals surface area contributed by atoms with Crippen LogP contribution in [0.15, 0.2) is 53.4 Å². The molecule has 3 rings (SSSR count). The fourth-order valence-electron chi connectivity index (χ4n) is 2.46. The molecule has 1 aliphatic heterocycles. The highest BCUT2D eigenvalue weighted by Gasteiger charge is 2.33. The number of nitrogens with zero attached hydrogens (tertiary/aromatic N) is 2. The summed E-state index contributed by atoms with van der Waals surface area (Å²) < 4.78 is 5.38. The van der Waals surface area contributed by atoms with Crippen LogP contribution in [-0.2, 0) is 9.53 Å². The summed E-state index contributed by atoms with van der Waals surface area (Å²) in [6.45, 7) is 2.04. The van der Waals surface area contributed by atoms with Gasteiger partial charge >= 0.3 is 5.97 Å². The van der Waals surface area contributed by atoms with E-state index in [2.05, 4.69) is 6.07 Å². The summed E-state index contributed by atoms with van der Waals surface area (Å²) in [7, 11) is 0. The van der Waals surface area contributed by atoms with Crippen LogP contribution in [-0.4, -0.2) is 22.8 Å². The highest BCUT2D eigenvalue weighted by atomic mass is 32.2. The number of anilines is 1. The van der Waals surface area contributed by atoms with Gasteiger partial charge in [0.25, 0.3) is 5.91 Å². The predicted octanol–water partition coefficient (Wildman–Crippen LogP) is 4.14. The number of esters is 1. The van der Waals surface area contributed by atoms with Gasteiger partial charge in [0.2, 0.25) is 0 Å². The Bertz CT molecular complexity index is 974. The summed E-state index contributed by atoms with van der Waals surface area (Å²) in [6.07, 6.45) is 1.74. The third-order valence-corrected chi connectivity index (χ3v) is 5.07. The second kappa shape index (κ2) is 8.16. The first-order chi connectivity index (χ1) is 13.0. The smallest absolute Gasteiger partial charge is 0.338 e. The molecule has 0 N–H and O–H groups in total. The first-order valence-corrected chi connectivity index (χ1v) is 9.31. The maximum Gasteiger partial charge on any atom is 0.338 e. The average molecular weight is 394 g/mol. The van der Waals surface area contributed by atoms with Crippen LogP contribution in [0.1, 0.15) is 28.4 Å². The van der Waals surface area contributed by atoms with E-state index in [1.807, 2.05) is 0 Å². The third kappa shape index (κ3) is 4.08. The maximum absolute atomic E-state index is 12.8. The number of amides is 1. The Morgan fingerprint density at radius 2 is 1.89 bits per heavy atom. The summed E-state index contributed by atoms with van der Waals surface area (Å²) in [5.41, 5.74) is 2.38. The topological polar surface area (TPSA) is 70.4 Å². The Kier molecular flexibility index (Phi) is 5.69. The third-order valence-electron chi connectivity index (χ3n) is 3.77. The molecule has 0 aliphatic carbocycles. The summed E-state index contributed by atoms with van der Waals surface area (Å²) in [5, 5.41) is 8.86. The van der Waals surface area contributed by atoms with E-state index in [0.29, 0.717) is 32.6 Å². The lowest BCUT2D eigenvalue weighted by molar-refractivity contribution is -0.113. The molecular formula is C20H14N2O3S2.